The van der Waals surface area contributed by atoms with Crippen LogP contribution in [0.15, 0.2) is 36.9 Å². The molecule has 2 aromatic heterocycles. The number of nitrogens with zero attached hydrogens (tertiary/aromatic N) is 5. The van der Waals surface area contributed by atoms with E-state index < -0.39 is 12.1 Å². The molecule has 0 spiro atoms. The molecule has 0 bridgehead atoms. The average molecular weight is 423 g/mol. The van der Waals surface area contributed by atoms with Gasteiger partial charge in [0.1, 0.15) is 0 Å². The van der Waals surface area contributed by atoms with Crippen molar-refractivity contribution in [3.63, 3.8) is 0 Å². The number of carboxylic acids is 1. The number of pyridine rings is 1. The first-order valence-corrected chi connectivity index (χ1v) is 9.16. The third kappa shape index (κ3) is 5.02. The van der Waals surface area contributed by atoms with Crippen LogP contribution in [0, 0.1) is 18.8 Å². The second kappa shape index (κ2) is 8.64. The fourth-order valence-electron chi connectivity index (χ4n) is 3.51. The van der Waals surface area contributed by atoms with Crippen molar-refractivity contribution in [3.05, 3.63) is 48.0 Å². The first-order chi connectivity index (χ1) is 14.1. The highest BCUT2D eigenvalue weighted by atomic mass is 19.4. The fourth-order valence-corrected chi connectivity index (χ4v) is 3.51. The van der Waals surface area contributed by atoms with Crippen molar-refractivity contribution in [2.24, 2.45) is 11.8 Å². The molecule has 1 amide bonds. The van der Waals surface area contributed by atoms with E-state index >= 15 is 0 Å². The van der Waals surface area contributed by atoms with Crippen LogP contribution in [0.25, 0.3) is 0 Å². The van der Waals surface area contributed by atoms with Gasteiger partial charge in [-0.3, -0.25) is 9.78 Å². The van der Waals surface area contributed by atoms with Crippen molar-refractivity contribution in [1.29, 1.82) is 0 Å². The van der Waals surface area contributed by atoms with Crippen LogP contribution in [-0.2, 0) is 16.1 Å². The fraction of sp³-hybridized carbons (Fsp3) is 0.421. The van der Waals surface area contributed by atoms with Crippen LogP contribution >= 0.6 is 0 Å². The summed E-state index contributed by atoms with van der Waals surface area (Å²) in [6.07, 6.45) is 2.11. The van der Waals surface area contributed by atoms with Gasteiger partial charge in [0, 0.05) is 56.9 Å². The number of hydrogen-bond donors (Lipinski definition) is 1. The largest absolute Gasteiger partial charge is 0.490 e. The van der Waals surface area contributed by atoms with Crippen LogP contribution in [0.4, 0.5) is 19.1 Å². The highest BCUT2D eigenvalue weighted by Gasteiger charge is 2.46. The number of aromatic nitrogens is 3. The second-order valence-corrected chi connectivity index (χ2v) is 7.21. The lowest BCUT2D eigenvalue weighted by Gasteiger charge is -2.21. The molecule has 2 atom stereocenters. The quantitative estimate of drug-likeness (QED) is 0.805. The number of alkyl halides is 3. The van der Waals surface area contributed by atoms with Crippen LogP contribution in [0.2, 0.25) is 0 Å². The predicted molar refractivity (Wildman–Crippen MR) is 99.3 cm³/mol. The Hall–Kier alpha value is -3.24. The van der Waals surface area contributed by atoms with Crippen molar-refractivity contribution in [3.8, 4) is 0 Å². The predicted octanol–water partition coefficient (Wildman–Crippen LogP) is 1.91. The van der Waals surface area contributed by atoms with E-state index in [1.54, 1.807) is 12.4 Å². The molecular weight excluding hydrogens is 403 g/mol. The van der Waals surface area contributed by atoms with Crippen LogP contribution in [0.3, 0.4) is 0 Å². The molecule has 30 heavy (non-hydrogen) atoms. The molecule has 2 fully saturated rings. The lowest BCUT2D eigenvalue weighted by Crippen LogP contribution is -2.33. The van der Waals surface area contributed by atoms with Crippen molar-refractivity contribution in [2.45, 2.75) is 19.6 Å². The molecule has 1 N–H and O–H groups in total. The summed E-state index contributed by atoms with van der Waals surface area (Å²) in [6, 6.07) is 3.93. The number of hydrogen-bond acceptors (Lipinski definition) is 6. The van der Waals surface area contributed by atoms with E-state index in [2.05, 4.69) is 19.9 Å². The summed E-state index contributed by atoms with van der Waals surface area (Å²) in [4.78, 5) is 38.5. The van der Waals surface area contributed by atoms with Crippen LogP contribution < -0.4 is 4.90 Å². The Morgan fingerprint density at radius 2 is 1.77 bits per heavy atom. The molecule has 2 saturated heterocycles. The number of aryl methyl sites for hydroxylation is 1. The Bertz CT molecular complexity index is 893. The molecule has 11 heteroatoms. The van der Waals surface area contributed by atoms with Gasteiger partial charge in [0.05, 0.1) is 5.92 Å². The van der Waals surface area contributed by atoms with Crippen LogP contribution in [0.1, 0.15) is 11.1 Å². The maximum absolute atomic E-state index is 12.7. The SMILES string of the molecule is Cc1cnc(N2C[C@H]3CN(Cc4ccncc4)C(=O)[C@H]3C2)nc1.O=C(O)C(F)(F)F. The van der Waals surface area contributed by atoms with Gasteiger partial charge in [0.2, 0.25) is 11.9 Å². The number of fused-ring (bicyclic) bond motifs is 1. The minimum atomic E-state index is -5.08. The molecule has 0 aromatic carbocycles. The van der Waals surface area contributed by atoms with Gasteiger partial charge in [-0.1, -0.05) is 0 Å². The molecule has 0 radical (unpaired) electrons. The van der Waals surface area contributed by atoms with Gasteiger partial charge < -0.3 is 14.9 Å². The van der Waals surface area contributed by atoms with Crippen molar-refractivity contribution < 1.29 is 27.9 Å². The monoisotopic (exact) mass is 423 g/mol. The highest BCUT2D eigenvalue weighted by Crippen LogP contribution is 2.34. The number of amides is 1. The summed E-state index contributed by atoms with van der Waals surface area (Å²) in [5, 5.41) is 7.12. The second-order valence-electron chi connectivity index (χ2n) is 7.21. The maximum atomic E-state index is 12.7. The Morgan fingerprint density at radius 3 is 2.30 bits per heavy atom. The van der Waals surface area contributed by atoms with Crippen LogP contribution in [-0.4, -0.2) is 62.6 Å². The smallest absolute Gasteiger partial charge is 0.475 e. The summed E-state index contributed by atoms with van der Waals surface area (Å²) < 4.78 is 31.7. The standard InChI is InChI=1S/C17H19N5O.C2HF3O2/c1-12-6-19-17(20-7-12)22-10-14-9-21(16(23)15(14)11-22)8-13-2-4-18-5-3-13;3-2(4,5)1(6)7/h2-7,14-15H,8-11H2,1H3;(H,6,7)/t14-,15+;/m1./s1. The van der Waals surface area contributed by atoms with Crippen molar-refractivity contribution in [1.82, 2.24) is 19.9 Å². The average Bonchev–Trinajstić information content (AvgIpc) is 3.23. The molecule has 4 heterocycles. The molecule has 0 saturated carbocycles. The summed E-state index contributed by atoms with van der Waals surface area (Å²) in [5.74, 6) is -1.33. The molecule has 2 aliphatic rings. The van der Waals surface area contributed by atoms with Gasteiger partial charge in [-0.05, 0) is 30.2 Å². The molecule has 0 aliphatic carbocycles. The molecule has 8 nitrogen and oxygen atoms in total. The third-order valence-electron chi connectivity index (χ3n) is 4.94. The molecule has 0 unspecified atom stereocenters. The number of carboxylic acid groups (broad SMARTS) is 1. The lowest BCUT2D eigenvalue weighted by atomic mass is 10.0. The summed E-state index contributed by atoms with van der Waals surface area (Å²) in [7, 11) is 0. The number of halogens is 3. The van der Waals surface area contributed by atoms with E-state index in [9.17, 15) is 18.0 Å². The zero-order valence-electron chi connectivity index (χ0n) is 16.1. The number of likely N-dealkylation sites (tertiary alicyclic amines) is 1. The first kappa shape index (κ1) is 21.5. The van der Waals surface area contributed by atoms with Gasteiger partial charge in [-0.25, -0.2) is 14.8 Å². The number of carbonyl (C=O) groups excluding carboxylic acids is 1. The van der Waals surface area contributed by atoms with Gasteiger partial charge in [0.15, 0.2) is 0 Å². The molecule has 2 aromatic rings. The van der Waals surface area contributed by atoms with Gasteiger partial charge in [0.25, 0.3) is 0 Å². The normalized spacial score (nSPS) is 20.6. The Balaban J connectivity index is 0.000000318. The molecule has 4 rings (SSSR count). The van der Waals surface area contributed by atoms with E-state index in [4.69, 9.17) is 9.90 Å². The number of carbonyl (C=O) groups is 2. The van der Waals surface area contributed by atoms with E-state index in [1.807, 2.05) is 36.4 Å². The summed E-state index contributed by atoms with van der Waals surface area (Å²) in [5.41, 5.74) is 2.18. The number of rotatable bonds is 3. The van der Waals surface area contributed by atoms with Gasteiger partial charge >= 0.3 is 12.1 Å². The van der Waals surface area contributed by atoms with E-state index in [0.29, 0.717) is 12.5 Å². The molecular formula is C19H20F3N5O3. The van der Waals surface area contributed by atoms with E-state index in [0.717, 1.165) is 36.7 Å². The Labute approximate surface area is 170 Å². The minimum Gasteiger partial charge on any atom is -0.475 e. The zero-order chi connectivity index (χ0) is 21.9. The van der Waals surface area contributed by atoms with E-state index in [-0.39, 0.29) is 11.8 Å². The molecule has 160 valence electrons. The van der Waals surface area contributed by atoms with Gasteiger partial charge in [-0.15, -0.1) is 0 Å². The highest BCUT2D eigenvalue weighted by molar-refractivity contribution is 5.83. The maximum Gasteiger partial charge on any atom is 0.490 e. The summed E-state index contributed by atoms with van der Waals surface area (Å²) >= 11 is 0. The summed E-state index contributed by atoms with van der Waals surface area (Å²) in [6.45, 7) is 5.04. The van der Waals surface area contributed by atoms with Crippen molar-refractivity contribution in [2.75, 3.05) is 24.5 Å². The van der Waals surface area contributed by atoms with Gasteiger partial charge in [-0.2, -0.15) is 13.2 Å². The van der Waals surface area contributed by atoms with E-state index in [1.165, 1.54) is 0 Å². The third-order valence-corrected chi connectivity index (χ3v) is 4.94. The topological polar surface area (TPSA) is 99.5 Å². The first-order valence-electron chi connectivity index (χ1n) is 9.16. The number of aliphatic carboxylic acids is 1. The Kier molecular flexibility index (Phi) is 6.18. The Morgan fingerprint density at radius 1 is 1.17 bits per heavy atom. The minimum absolute atomic E-state index is 0.0711. The molecule has 2 aliphatic heterocycles. The number of anilines is 1. The van der Waals surface area contributed by atoms with Crippen LogP contribution in [0.5, 0.6) is 0 Å². The van der Waals surface area contributed by atoms with Crippen molar-refractivity contribution >= 4 is 17.8 Å². The lowest BCUT2D eigenvalue weighted by molar-refractivity contribution is -0.192. The zero-order valence-corrected chi connectivity index (χ0v) is 16.1.